The van der Waals surface area contributed by atoms with Crippen LogP contribution in [0.2, 0.25) is 0 Å². The Hall–Kier alpha value is -0.650. The quantitative estimate of drug-likeness (QED) is 0.717. The van der Waals surface area contributed by atoms with Gasteiger partial charge in [0.15, 0.2) is 0 Å². The summed E-state index contributed by atoms with van der Waals surface area (Å²) in [7, 11) is 4.13. The first-order valence-corrected chi connectivity index (χ1v) is 8.15. The molecule has 3 atom stereocenters. The molecule has 1 saturated heterocycles. The van der Waals surface area contributed by atoms with Gasteiger partial charge in [0.25, 0.3) is 0 Å². The lowest BCUT2D eigenvalue weighted by Gasteiger charge is -2.65. The number of carbonyl (C=O) groups is 1. The van der Waals surface area contributed by atoms with Gasteiger partial charge in [-0.2, -0.15) is 0 Å². The maximum atomic E-state index is 12.6. The van der Waals surface area contributed by atoms with E-state index >= 15 is 0 Å². The van der Waals surface area contributed by atoms with E-state index in [4.69, 9.17) is 10.5 Å². The fourth-order valence-electron chi connectivity index (χ4n) is 3.94. The fraction of sp³-hybridized carbons (Fsp3) is 0.938. The molecule has 0 aromatic rings. The van der Waals surface area contributed by atoms with E-state index in [1.807, 2.05) is 0 Å². The summed E-state index contributed by atoms with van der Waals surface area (Å²) < 4.78 is 5.84. The molecular formula is C16H31N3O2. The molecule has 1 aliphatic carbocycles. The number of amides is 1. The summed E-state index contributed by atoms with van der Waals surface area (Å²) in [6, 6.07) is 0. The third kappa shape index (κ3) is 2.83. The lowest BCUT2D eigenvalue weighted by Crippen LogP contribution is -2.82. The molecule has 1 amide bonds. The van der Waals surface area contributed by atoms with Gasteiger partial charge in [-0.1, -0.05) is 13.8 Å². The van der Waals surface area contributed by atoms with Crippen LogP contribution < -0.4 is 11.1 Å². The Kier molecular flexibility index (Phi) is 4.96. The molecule has 5 nitrogen and oxygen atoms in total. The molecule has 3 N–H and O–H groups in total. The van der Waals surface area contributed by atoms with Crippen LogP contribution in [0.15, 0.2) is 0 Å². The average Bonchev–Trinajstić information content (AvgIpc) is 2.45. The van der Waals surface area contributed by atoms with Gasteiger partial charge in [0, 0.05) is 24.5 Å². The summed E-state index contributed by atoms with van der Waals surface area (Å²) in [4.78, 5) is 14.8. The van der Waals surface area contributed by atoms with Crippen molar-refractivity contribution < 1.29 is 9.53 Å². The highest BCUT2D eigenvalue weighted by molar-refractivity contribution is 5.89. The SMILES string of the molecule is CN(C)CCCCNC(=O)C1(N)C2CCCOC2C1(C)C. The van der Waals surface area contributed by atoms with Crippen molar-refractivity contribution in [2.45, 2.75) is 51.2 Å². The van der Waals surface area contributed by atoms with Crippen molar-refractivity contribution in [2.75, 3.05) is 33.8 Å². The number of fused-ring (bicyclic) bond motifs is 1. The third-order valence-electron chi connectivity index (χ3n) is 5.38. The highest BCUT2D eigenvalue weighted by atomic mass is 16.5. The van der Waals surface area contributed by atoms with Gasteiger partial charge >= 0.3 is 0 Å². The highest BCUT2D eigenvalue weighted by Gasteiger charge is 2.70. The van der Waals surface area contributed by atoms with Crippen LogP contribution in [-0.2, 0) is 9.53 Å². The highest BCUT2D eigenvalue weighted by Crippen LogP contribution is 2.57. The maximum Gasteiger partial charge on any atom is 0.241 e. The summed E-state index contributed by atoms with van der Waals surface area (Å²) in [5.41, 5.74) is 5.48. The zero-order valence-electron chi connectivity index (χ0n) is 13.9. The van der Waals surface area contributed by atoms with E-state index in [-0.39, 0.29) is 23.3 Å². The van der Waals surface area contributed by atoms with Gasteiger partial charge in [0.1, 0.15) is 5.54 Å². The Morgan fingerprint density at radius 3 is 2.76 bits per heavy atom. The van der Waals surface area contributed by atoms with E-state index < -0.39 is 5.54 Å². The van der Waals surface area contributed by atoms with Crippen molar-refractivity contribution in [3.05, 3.63) is 0 Å². The van der Waals surface area contributed by atoms with Crippen molar-refractivity contribution in [3.8, 4) is 0 Å². The number of ether oxygens (including phenoxy) is 1. The van der Waals surface area contributed by atoms with Crippen LogP contribution >= 0.6 is 0 Å². The normalized spacial score (nSPS) is 34.2. The molecule has 0 bridgehead atoms. The second-order valence-electron chi connectivity index (χ2n) is 7.40. The monoisotopic (exact) mass is 297 g/mol. The molecule has 2 fully saturated rings. The number of nitrogens with zero attached hydrogens (tertiary/aromatic N) is 1. The molecule has 1 saturated carbocycles. The van der Waals surface area contributed by atoms with Crippen LogP contribution in [0.4, 0.5) is 0 Å². The minimum absolute atomic E-state index is 0.00380. The average molecular weight is 297 g/mol. The molecular weight excluding hydrogens is 266 g/mol. The fourth-order valence-corrected chi connectivity index (χ4v) is 3.94. The van der Waals surface area contributed by atoms with Gasteiger partial charge in [-0.25, -0.2) is 0 Å². The number of unbranched alkanes of at least 4 members (excludes halogenated alkanes) is 1. The second kappa shape index (κ2) is 6.23. The summed E-state index contributed by atoms with van der Waals surface area (Å²) in [5.74, 6) is 0.173. The number of hydrogen-bond donors (Lipinski definition) is 2. The first kappa shape index (κ1) is 16.7. The Bertz CT molecular complexity index is 384. The second-order valence-corrected chi connectivity index (χ2v) is 7.40. The first-order valence-electron chi connectivity index (χ1n) is 8.15. The Morgan fingerprint density at radius 2 is 2.10 bits per heavy atom. The van der Waals surface area contributed by atoms with E-state index in [9.17, 15) is 4.79 Å². The van der Waals surface area contributed by atoms with E-state index in [0.29, 0.717) is 6.54 Å². The molecule has 5 heteroatoms. The Labute approximate surface area is 128 Å². The minimum atomic E-state index is -0.778. The molecule has 0 aromatic carbocycles. The van der Waals surface area contributed by atoms with Gasteiger partial charge in [-0.15, -0.1) is 0 Å². The number of carbonyl (C=O) groups excluding carboxylic acids is 1. The van der Waals surface area contributed by atoms with E-state index in [1.165, 1.54) is 0 Å². The molecule has 1 heterocycles. The van der Waals surface area contributed by atoms with Crippen LogP contribution in [0.3, 0.4) is 0 Å². The lowest BCUT2D eigenvalue weighted by molar-refractivity contribution is -0.225. The predicted molar refractivity (Wildman–Crippen MR) is 84.0 cm³/mol. The van der Waals surface area contributed by atoms with E-state index in [2.05, 4.69) is 38.2 Å². The molecule has 3 unspecified atom stereocenters. The van der Waals surface area contributed by atoms with Crippen molar-refractivity contribution in [3.63, 3.8) is 0 Å². The zero-order valence-corrected chi connectivity index (χ0v) is 13.9. The molecule has 2 rings (SSSR count). The number of hydrogen-bond acceptors (Lipinski definition) is 4. The van der Waals surface area contributed by atoms with Crippen LogP contribution in [0.1, 0.15) is 39.5 Å². The van der Waals surface area contributed by atoms with Crippen molar-refractivity contribution in [1.82, 2.24) is 10.2 Å². The lowest BCUT2D eigenvalue weighted by atomic mass is 9.46. The largest absolute Gasteiger partial charge is 0.377 e. The van der Waals surface area contributed by atoms with Crippen molar-refractivity contribution in [2.24, 2.45) is 17.1 Å². The Balaban J connectivity index is 1.86. The van der Waals surface area contributed by atoms with Crippen LogP contribution in [0, 0.1) is 11.3 Å². The molecule has 21 heavy (non-hydrogen) atoms. The molecule has 0 spiro atoms. The molecule has 122 valence electrons. The number of nitrogens with one attached hydrogen (secondary N) is 1. The van der Waals surface area contributed by atoms with Crippen LogP contribution in [-0.4, -0.2) is 56.2 Å². The molecule has 2 aliphatic rings. The molecule has 0 radical (unpaired) electrons. The molecule has 1 aliphatic heterocycles. The smallest absolute Gasteiger partial charge is 0.241 e. The minimum Gasteiger partial charge on any atom is -0.377 e. The first-order chi connectivity index (χ1) is 9.81. The van der Waals surface area contributed by atoms with Crippen LogP contribution in [0.5, 0.6) is 0 Å². The summed E-state index contributed by atoms with van der Waals surface area (Å²) in [6.07, 6.45) is 4.22. The van der Waals surface area contributed by atoms with Gasteiger partial charge < -0.3 is 20.7 Å². The van der Waals surface area contributed by atoms with Gasteiger partial charge in [-0.05, 0) is 46.3 Å². The van der Waals surface area contributed by atoms with Gasteiger partial charge in [0.05, 0.1) is 6.10 Å². The van der Waals surface area contributed by atoms with E-state index in [0.717, 1.165) is 38.8 Å². The number of rotatable bonds is 6. The topological polar surface area (TPSA) is 67.6 Å². The molecule has 0 aromatic heterocycles. The number of nitrogens with two attached hydrogens (primary N) is 1. The van der Waals surface area contributed by atoms with Crippen molar-refractivity contribution in [1.29, 1.82) is 0 Å². The summed E-state index contributed by atoms with van der Waals surface area (Å²) in [6.45, 7) is 6.68. The van der Waals surface area contributed by atoms with Gasteiger partial charge in [0.2, 0.25) is 5.91 Å². The predicted octanol–water partition coefficient (Wildman–Crippen LogP) is 0.977. The zero-order chi connectivity index (χ0) is 15.7. The standard InChI is InChI=1S/C16H31N3O2/c1-15(2)13-12(8-7-11-21-13)16(15,17)14(20)18-9-5-6-10-19(3)4/h12-13H,5-11,17H2,1-4H3,(H,18,20). The summed E-state index contributed by atoms with van der Waals surface area (Å²) in [5, 5.41) is 3.05. The van der Waals surface area contributed by atoms with E-state index in [1.54, 1.807) is 0 Å². The van der Waals surface area contributed by atoms with Crippen LogP contribution in [0.25, 0.3) is 0 Å². The third-order valence-corrected chi connectivity index (χ3v) is 5.38. The van der Waals surface area contributed by atoms with Gasteiger partial charge in [-0.3, -0.25) is 4.79 Å². The maximum absolute atomic E-state index is 12.6. The summed E-state index contributed by atoms with van der Waals surface area (Å²) >= 11 is 0. The Morgan fingerprint density at radius 1 is 1.38 bits per heavy atom. The van der Waals surface area contributed by atoms with Crippen molar-refractivity contribution >= 4 is 5.91 Å².